The van der Waals surface area contributed by atoms with Crippen molar-refractivity contribution in [1.82, 2.24) is 0 Å². The Kier molecular flexibility index (Phi) is 24.2. The molecule has 34 heavy (non-hydrogen) atoms. The Balaban J connectivity index is 0. The molecule has 1 unspecified atom stereocenters. The Morgan fingerprint density at radius 2 is 1.09 bits per heavy atom. The first-order valence-corrected chi connectivity index (χ1v) is 13.3. The van der Waals surface area contributed by atoms with Gasteiger partial charge in [-0.05, 0) is 19.8 Å². The number of rotatable bonds is 22. The topological polar surface area (TPSA) is 133 Å². The molecule has 0 fully saturated rings. The molecule has 0 amide bonds. The maximum absolute atomic E-state index is 12.3. The van der Waals surface area contributed by atoms with E-state index in [9.17, 15) is 14.4 Å². The summed E-state index contributed by atoms with van der Waals surface area (Å²) < 4.78 is 4.78. The molecule has 0 aromatic heterocycles. The van der Waals surface area contributed by atoms with Crippen molar-refractivity contribution in [2.75, 3.05) is 0 Å². The zero-order valence-electron chi connectivity index (χ0n) is 21.6. The maximum Gasteiger partial charge on any atom is 0.330 e. The van der Waals surface area contributed by atoms with E-state index in [1.165, 1.54) is 90.4 Å². The lowest BCUT2D eigenvalue weighted by Crippen LogP contribution is -2.37. The minimum atomic E-state index is -1.17. The van der Waals surface area contributed by atoms with E-state index in [-0.39, 0.29) is 18.8 Å². The molecule has 0 radical (unpaired) electrons. The highest BCUT2D eigenvalue weighted by Crippen LogP contribution is 2.19. The number of carboxylic acid groups (broad SMARTS) is 1. The first-order chi connectivity index (χ1) is 15.8. The number of hydrogen-bond donors (Lipinski definition) is 3. The minimum Gasteiger partial charge on any atom is -0.480 e. The molecule has 0 aromatic rings. The first-order valence-electron chi connectivity index (χ1n) is 13.3. The van der Waals surface area contributed by atoms with Crippen LogP contribution < -0.4 is 11.5 Å². The summed E-state index contributed by atoms with van der Waals surface area (Å²) in [6.45, 7) is 3.69. The van der Waals surface area contributed by atoms with Crippen LogP contribution >= 0.6 is 12.4 Å². The molecule has 0 saturated heterocycles. The van der Waals surface area contributed by atoms with Crippen molar-refractivity contribution in [2.45, 2.75) is 142 Å². The number of ether oxygens (including phenoxy) is 1. The van der Waals surface area contributed by atoms with E-state index in [0.29, 0.717) is 6.42 Å². The summed E-state index contributed by atoms with van der Waals surface area (Å²) in [4.78, 5) is 34.9. The molecule has 0 aliphatic rings. The van der Waals surface area contributed by atoms with Crippen LogP contribution in [0, 0.1) is 5.92 Å². The van der Waals surface area contributed by atoms with Crippen LogP contribution in [0.2, 0.25) is 0 Å². The number of aliphatic carboxylic acids is 1. The first kappa shape index (κ1) is 35.0. The van der Waals surface area contributed by atoms with Gasteiger partial charge >= 0.3 is 17.9 Å². The van der Waals surface area contributed by atoms with Crippen LogP contribution in [-0.4, -0.2) is 35.1 Å². The van der Waals surface area contributed by atoms with Gasteiger partial charge in [-0.1, -0.05) is 110 Å². The minimum absolute atomic E-state index is 0. The van der Waals surface area contributed by atoms with E-state index in [1.807, 2.05) is 0 Å². The average molecular weight is 507 g/mol. The van der Waals surface area contributed by atoms with Crippen molar-refractivity contribution >= 4 is 30.3 Å². The molecular weight excluding hydrogens is 456 g/mol. The van der Waals surface area contributed by atoms with E-state index in [4.69, 9.17) is 21.3 Å². The molecule has 202 valence electrons. The van der Waals surface area contributed by atoms with Crippen LogP contribution in [0.15, 0.2) is 0 Å². The summed E-state index contributed by atoms with van der Waals surface area (Å²) in [5.74, 6) is -3.40. The lowest BCUT2D eigenvalue weighted by Gasteiger charge is -2.17. The fourth-order valence-electron chi connectivity index (χ4n) is 3.95. The van der Waals surface area contributed by atoms with Gasteiger partial charge in [-0.2, -0.15) is 0 Å². The summed E-state index contributed by atoms with van der Waals surface area (Å²) in [6.07, 6.45) is 20.6. The quantitative estimate of drug-likeness (QED) is 0.0945. The largest absolute Gasteiger partial charge is 0.480 e. The highest BCUT2D eigenvalue weighted by atomic mass is 35.5. The standard InChI is InChI=1S/C26H50N2O5.ClH/c1-3-4-5-6-7-8-9-10-11-12-13-14-15-16-17-18-19-22(20-23(28)24(29)30)26(32)33-25(31)21(2)27;/h21-23H,3-20,27-28H2,1-2H3,(H,29,30);1H/t21-,22?,23-;/m1./s1. The third-order valence-electron chi connectivity index (χ3n) is 6.17. The van der Waals surface area contributed by atoms with Gasteiger partial charge in [-0.3, -0.25) is 9.59 Å². The second-order valence-corrected chi connectivity index (χ2v) is 9.50. The van der Waals surface area contributed by atoms with Crippen molar-refractivity contribution in [3.63, 3.8) is 0 Å². The summed E-state index contributed by atoms with van der Waals surface area (Å²) in [5, 5.41) is 9.03. The van der Waals surface area contributed by atoms with Gasteiger partial charge in [-0.15, -0.1) is 12.4 Å². The molecule has 5 N–H and O–H groups in total. The smallest absolute Gasteiger partial charge is 0.330 e. The lowest BCUT2D eigenvalue weighted by atomic mass is 9.93. The zero-order chi connectivity index (χ0) is 24.9. The summed E-state index contributed by atoms with van der Waals surface area (Å²) in [7, 11) is 0. The molecule has 8 heteroatoms. The average Bonchev–Trinajstić information content (AvgIpc) is 2.77. The third kappa shape index (κ3) is 20.2. The van der Waals surface area contributed by atoms with Crippen molar-refractivity contribution in [3.05, 3.63) is 0 Å². The molecule has 0 aliphatic heterocycles. The van der Waals surface area contributed by atoms with Gasteiger partial charge in [0.1, 0.15) is 12.1 Å². The van der Waals surface area contributed by atoms with E-state index in [1.54, 1.807) is 0 Å². The fourth-order valence-corrected chi connectivity index (χ4v) is 3.95. The molecule has 0 aliphatic carbocycles. The Labute approximate surface area is 213 Å². The molecule has 0 heterocycles. The predicted molar refractivity (Wildman–Crippen MR) is 140 cm³/mol. The zero-order valence-corrected chi connectivity index (χ0v) is 22.4. The van der Waals surface area contributed by atoms with Crippen LogP contribution in [0.5, 0.6) is 0 Å². The molecule has 0 rings (SSSR count). The van der Waals surface area contributed by atoms with Crippen LogP contribution in [-0.2, 0) is 19.1 Å². The number of hydrogen-bond acceptors (Lipinski definition) is 6. The fraction of sp³-hybridized carbons (Fsp3) is 0.885. The Morgan fingerprint density at radius 3 is 1.44 bits per heavy atom. The molecule has 7 nitrogen and oxygen atoms in total. The second kappa shape index (κ2) is 23.6. The van der Waals surface area contributed by atoms with Crippen LogP contribution in [0.1, 0.15) is 129 Å². The monoisotopic (exact) mass is 506 g/mol. The molecule has 3 atom stereocenters. The van der Waals surface area contributed by atoms with Gasteiger partial charge in [-0.25, -0.2) is 4.79 Å². The molecule has 0 bridgehead atoms. The van der Waals surface area contributed by atoms with Crippen LogP contribution in [0.3, 0.4) is 0 Å². The third-order valence-corrected chi connectivity index (χ3v) is 6.17. The highest BCUT2D eigenvalue weighted by Gasteiger charge is 2.28. The van der Waals surface area contributed by atoms with Crippen molar-refractivity contribution in [3.8, 4) is 0 Å². The predicted octanol–water partition coefficient (Wildman–Crippen LogP) is 5.90. The summed E-state index contributed by atoms with van der Waals surface area (Å²) in [6, 6.07) is -2.06. The number of carbonyl (C=O) groups excluding carboxylic acids is 2. The van der Waals surface area contributed by atoms with E-state index < -0.39 is 35.9 Å². The Morgan fingerprint density at radius 1 is 0.706 bits per heavy atom. The van der Waals surface area contributed by atoms with E-state index in [0.717, 1.165) is 19.3 Å². The SMILES string of the molecule is CCCCCCCCCCCCCCCCCCC(C[C@@H](N)C(=O)O)C(=O)OC(=O)[C@@H](C)N.Cl. The van der Waals surface area contributed by atoms with Crippen LogP contribution in [0.4, 0.5) is 0 Å². The number of carbonyl (C=O) groups is 3. The number of unbranched alkanes of at least 4 members (excludes halogenated alkanes) is 15. The Hall–Kier alpha value is -1.18. The van der Waals surface area contributed by atoms with Gasteiger partial charge in [0, 0.05) is 0 Å². The Bertz CT molecular complexity index is 531. The number of carboxylic acids is 1. The normalized spacial score (nSPS) is 13.5. The van der Waals surface area contributed by atoms with Gasteiger partial charge in [0.15, 0.2) is 0 Å². The molecule has 0 saturated carbocycles. The van der Waals surface area contributed by atoms with Gasteiger partial charge in [0.05, 0.1) is 5.92 Å². The number of halogens is 1. The maximum atomic E-state index is 12.3. The highest BCUT2D eigenvalue weighted by molar-refractivity contribution is 5.89. The van der Waals surface area contributed by atoms with Crippen LogP contribution in [0.25, 0.3) is 0 Å². The van der Waals surface area contributed by atoms with Gasteiger partial charge < -0.3 is 21.3 Å². The number of nitrogens with two attached hydrogens (primary N) is 2. The van der Waals surface area contributed by atoms with Crippen molar-refractivity contribution < 1.29 is 24.2 Å². The van der Waals surface area contributed by atoms with E-state index in [2.05, 4.69) is 6.92 Å². The second-order valence-electron chi connectivity index (χ2n) is 9.50. The van der Waals surface area contributed by atoms with E-state index >= 15 is 0 Å². The summed E-state index contributed by atoms with van der Waals surface area (Å²) in [5.41, 5.74) is 11.0. The lowest BCUT2D eigenvalue weighted by molar-refractivity contribution is -0.163. The van der Waals surface area contributed by atoms with Crippen molar-refractivity contribution in [2.24, 2.45) is 17.4 Å². The molecule has 0 spiro atoms. The van der Waals surface area contributed by atoms with Crippen molar-refractivity contribution in [1.29, 1.82) is 0 Å². The summed E-state index contributed by atoms with van der Waals surface area (Å²) >= 11 is 0. The number of esters is 2. The molecule has 0 aromatic carbocycles. The van der Waals surface area contributed by atoms with Gasteiger partial charge in [0.2, 0.25) is 0 Å². The van der Waals surface area contributed by atoms with Gasteiger partial charge in [0.25, 0.3) is 0 Å². The molecular formula is C26H51ClN2O5.